The molecule has 1 saturated carbocycles. The molecule has 3 aliphatic rings. The van der Waals surface area contributed by atoms with Crippen LogP contribution >= 0.6 is 0 Å². The van der Waals surface area contributed by atoms with Crippen molar-refractivity contribution in [1.29, 1.82) is 0 Å². The Morgan fingerprint density at radius 2 is 1.96 bits per heavy atom. The number of likely N-dealkylation sites (tertiary alicyclic amines) is 1. The average molecular weight is 381 g/mol. The first-order chi connectivity index (χ1) is 13.6. The third kappa shape index (κ3) is 3.28. The fraction of sp³-hybridized carbons (Fsp3) is 0.435. The van der Waals surface area contributed by atoms with E-state index in [1.807, 2.05) is 18.2 Å². The number of aliphatic carboxylic acids is 1. The highest BCUT2D eigenvalue weighted by Crippen LogP contribution is 2.41. The van der Waals surface area contributed by atoms with E-state index in [1.165, 1.54) is 24.0 Å². The average Bonchev–Trinajstić information content (AvgIpc) is 3.41. The Bertz CT molecular complexity index is 918. The smallest absolute Gasteiger partial charge is 0.309 e. The zero-order chi connectivity index (χ0) is 19.3. The number of carbonyl (C=O) groups is 1. The van der Waals surface area contributed by atoms with Gasteiger partial charge >= 0.3 is 5.97 Å². The van der Waals surface area contributed by atoms with E-state index in [0.29, 0.717) is 30.6 Å². The standard InChI is InChI=1S/C23H24FNO3/c24-21-10-15(14-1-2-14)3-4-17(21)13-28-19-6-7-20-16(9-19)5-8-22(20)25-11-18(12-25)23(26)27/h3-4,6-7,9-10,14,18,22H,1-2,5,8,11-13H2,(H,26,27). The monoisotopic (exact) mass is 381 g/mol. The summed E-state index contributed by atoms with van der Waals surface area (Å²) in [5.74, 6) is 0.197. The van der Waals surface area contributed by atoms with Gasteiger partial charge in [0.2, 0.25) is 0 Å². The minimum Gasteiger partial charge on any atom is -0.489 e. The summed E-state index contributed by atoms with van der Waals surface area (Å²) in [6, 6.07) is 11.9. The van der Waals surface area contributed by atoms with Gasteiger partial charge in [-0.2, -0.15) is 0 Å². The maximum absolute atomic E-state index is 14.3. The summed E-state index contributed by atoms with van der Waals surface area (Å²) >= 11 is 0. The molecule has 0 aromatic heterocycles. The van der Waals surface area contributed by atoms with Crippen LogP contribution in [0.25, 0.3) is 0 Å². The number of fused-ring (bicyclic) bond motifs is 1. The summed E-state index contributed by atoms with van der Waals surface area (Å²) in [5.41, 5.74) is 4.21. The van der Waals surface area contributed by atoms with Gasteiger partial charge in [0.15, 0.2) is 0 Å². The molecule has 1 saturated heterocycles. The highest BCUT2D eigenvalue weighted by atomic mass is 19.1. The van der Waals surface area contributed by atoms with Crippen molar-refractivity contribution >= 4 is 5.97 Å². The fourth-order valence-electron chi connectivity index (χ4n) is 4.48. The Morgan fingerprint density at radius 3 is 2.68 bits per heavy atom. The van der Waals surface area contributed by atoms with Gasteiger partial charge in [-0.15, -0.1) is 0 Å². The first-order valence-electron chi connectivity index (χ1n) is 10.1. The van der Waals surface area contributed by atoms with Gasteiger partial charge < -0.3 is 9.84 Å². The second-order valence-electron chi connectivity index (χ2n) is 8.32. The molecule has 1 aliphatic heterocycles. The number of halogens is 1. The highest BCUT2D eigenvalue weighted by molar-refractivity contribution is 5.71. The maximum atomic E-state index is 14.3. The highest BCUT2D eigenvalue weighted by Gasteiger charge is 2.39. The molecule has 5 heteroatoms. The van der Waals surface area contributed by atoms with Gasteiger partial charge in [-0.3, -0.25) is 9.69 Å². The van der Waals surface area contributed by atoms with Crippen LogP contribution in [0.2, 0.25) is 0 Å². The first-order valence-corrected chi connectivity index (χ1v) is 10.1. The summed E-state index contributed by atoms with van der Waals surface area (Å²) < 4.78 is 20.2. The molecule has 0 spiro atoms. The molecule has 1 atom stereocenters. The topological polar surface area (TPSA) is 49.8 Å². The molecule has 5 rings (SSSR count). The van der Waals surface area contributed by atoms with E-state index in [-0.39, 0.29) is 18.3 Å². The second kappa shape index (κ2) is 6.89. The van der Waals surface area contributed by atoms with E-state index >= 15 is 0 Å². The minimum atomic E-state index is -0.699. The summed E-state index contributed by atoms with van der Waals surface area (Å²) in [7, 11) is 0. The van der Waals surface area contributed by atoms with Crippen molar-refractivity contribution in [2.24, 2.45) is 5.92 Å². The lowest BCUT2D eigenvalue weighted by Crippen LogP contribution is -2.51. The van der Waals surface area contributed by atoms with Crippen molar-refractivity contribution < 1.29 is 19.0 Å². The van der Waals surface area contributed by atoms with Gasteiger partial charge in [0.1, 0.15) is 18.2 Å². The van der Waals surface area contributed by atoms with E-state index in [2.05, 4.69) is 17.0 Å². The molecular weight excluding hydrogens is 357 g/mol. The van der Waals surface area contributed by atoms with Crippen LogP contribution in [-0.4, -0.2) is 29.1 Å². The lowest BCUT2D eigenvalue weighted by Gasteiger charge is -2.41. The van der Waals surface area contributed by atoms with Gasteiger partial charge in [0, 0.05) is 24.7 Å². The van der Waals surface area contributed by atoms with E-state index in [4.69, 9.17) is 9.84 Å². The van der Waals surface area contributed by atoms with E-state index in [0.717, 1.165) is 24.2 Å². The van der Waals surface area contributed by atoms with Crippen LogP contribution in [0.1, 0.15) is 53.5 Å². The number of benzene rings is 2. The van der Waals surface area contributed by atoms with Gasteiger partial charge in [0.25, 0.3) is 0 Å². The van der Waals surface area contributed by atoms with Crippen LogP contribution < -0.4 is 4.74 Å². The molecule has 146 valence electrons. The maximum Gasteiger partial charge on any atom is 0.309 e. The zero-order valence-corrected chi connectivity index (χ0v) is 15.7. The zero-order valence-electron chi connectivity index (χ0n) is 15.7. The van der Waals surface area contributed by atoms with Crippen molar-refractivity contribution in [3.63, 3.8) is 0 Å². The number of nitrogens with zero attached hydrogens (tertiary/aromatic N) is 1. The summed E-state index contributed by atoms with van der Waals surface area (Å²) in [6.45, 7) is 1.49. The number of carboxylic acids is 1. The number of ether oxygens (including phenoxy) is 1. The van der Waals surface area contributed by atoms with Crippen LogP contribution in [0.4, 0.5) is 4.39 Å². The molecule has 2 aromatic carbocycles. The summed E-state index contributed by atoms with van der Waals surface area (Å²) in [6.07, 6.45) is 4.32. The predicted molar refractivity (Wildman–Crippen MR) is 103 cm³/mol. The van der Waals surface area contributed by atoms with Crippen molar-refractivity contribution in [3.8, 4) is 5.75 Å². The molecule has 0 amide bonds. The molecule has 2 aliphatic carbocycles. The lowest BCUT2D eigenvalue weighted by molar-refractivity contribution is -0.148. The largest absolute Gasteiger partial charge is 0.489 e. The number of hydrogen-bond acceptors (Lipinski definition) is 3. The van der Waals surface area contributed by atoms with Gasteiger partial charge in [-0.1, -0.05) is 18.2 Å². The molecule has 1 N–H and O–H groups in total. The fourth-order valence-corrected chi connectivity index (χ4v) is 4.48. The van der Waals surface area contributed by atoms with Crippen molar-refractivity contribution in [2.75, 3.05) is 13.1 Å². The number of rotatable bonds is 6. The number of aryl methyl sites for hydroxylation is 1. The third-order valence-corrected chi connectivity index (χ3v) is 6.38. The second-order valence-corrected chi connectivity index (χ2v) is 8.32. The predicted octanol–water partition coefficient (Wildman–Crippen LogP) is 4.29. The molecule has 2 aromatic rings. The van der Waals surface area contributed by atoms with Crippen molar-refractivity contribution in [2.45, 2.75) is 44.2 Å². The minimum absolute atomic E-state index is 0.184. The van der Waals surface area contributed by atoms with Crippen LogP contribution in [0, 0.1) is 11.7 Å². The first kappa shape index (κ1) is 17.7. The Kier molecular flexibility index (Phi) is 4.35. The Hall–Kier alpha value is -2.40. The van der Waals surface area contributed by atoms with Gasteiger partial charge in [-0.05, 0) is 66.5 Å². The van der Waals surface area contributed by atoms with Crippen molar-refractivity contribution in [1.82, 2.24) is 4.90 Å². The summed E-state index contributed by atoms with van der Waals surface area (Å²) in [4.78, 5) is 13.3. The molecule has 1 heterocycles. The van der Waals surface area contributed by atoms with E-state index in [1.54, 1.807) is 6.07 Å². The molecule has 0 bridgehead atoms. The van der Waals surface area contributed by atoms with E-state index in [9.17, 15) is 9.18 Å². The van der Waals surface area contributed by atoms with Gasteiger partial charge in [0.05, 0.1) is 5.92 Å². The molecular formula is C23H24FNO3. The Morgan fingerprint density at radius 1 is 1.14 bits per heavy atom. The molecule has 1 unspecified atom stereocenters. The molecule has 4 nitrogen and oxygen atoms in total. The lowest BCUT2D eigenvalue weighted by atomic mass is 9.95. The SMILES string of the molecule is O=C(O)C1CN(C2CCc3cc(OCc4ccc(C5CC5)cc4F)ccc32)C1. The number of hydrogen-bond donors (Lipinski definition) is 1. The van der Waals surface area contributed by atoms with Gasteiger partial charge in [-0.25, -0.2) is 4.39 Å². The van der Waals surface area contributed by atoms with Crippen LogP contribution in [-0.2, 0) is 17.8 Å². The van der Waals surface area contributed by atoms with Crippen LogP contribution in [0.15, 0.2) is 36.4 Å². The third-order valence-electron chi connectivity index (χ3n) is 6.38. The molecule has 0 radical (unpaired) electrons. The van der Waals surface area contributed by atoms with Crippen LogP contribution in [0.5, 0.6) is 5.75 Å². The van der Waals surface area contributed by atoms with E-state index < -0.39 is 5.97 Å². The quantitative estimate of drug-likeness (QED) is 0.811. The number of carboxylic acid groups (broad SMARTS) is 1. The molecule has 2 fully saturated rings. The van der Waals surface area contributed by atoms with Crippen LogP contribution in [0.3, 0.4) is 0 Å². The Labute approximate surface area is 163 Å². The summed E-state index contributed by atoms with van der Waals surface area (Å²) in [5, 5.41) is 9.07. The normalized spacial score (nSPS) is 22.0. The van der Waals surface area contributed by atoms with Crippen molar-refractivity contribution in [3.05, 3.63) is 64.5 Å². The molecule has 28 heavy (non-hydrogen) atoms. The Balaban J connectivity index is 1.23.